The normalized spacial score (nSPS) is 12.5. The van der Waals surface area contributed by atoms with Gasteiger partial charge in [0, 0.05) is 19.5 Å². The van der Waals surface area contributed by atoms with Crippen molar-refractivity contribution in [2.45, 2.75) is 59.8 Å². The summed E-state index contributed by atoms with van der Waals surface area (Å²) < 4.78 is 0. The van der Waals surface area contributed by atoms with Crippen molar-refractivity contribution in [3.05, 3.63) is 0 Å². The molecule has 5 nitrogen and oxygen atoms in total. The zero-order valence-electron chi connectivity index (χ0n) is 13.9. The van der Waals surface area contributed by atoms with E-state index in [9.17, 15) is 9.59 Å². The molecule has 0 aromatic carbocycles. The molecular formula is C16H32N2O3. The number of carboxylic acids is 1. The lowest BCUT2D eigenvalue weighted by atomic mass is 9.88. The van der Waals surface area contributed by atoms with Crippen LogP contribution in [0.3, 0.4) is 0 Å². The van der Waals surface area contributed by atoms with Crippen LogP contribution in [0.1, 0.15) is 59.8 Å². The maximum Gasteiger partial charge on any atom is 0.314 e. The first-order valence-corrected chi connectivity index (χ1v) is 8.06. The highest BCUT2D eigenvalue weighted by atomic mass is 16.4. The minimum atomic E-state index is -0.753. The van der Waals surface area contributed by atoms with Gasteiger partial charge in [0.15, 0.2) is 0 Å². The van der Waals surface area contributed by atoms with E-state index in [4.69, 9.17) is 5.11 Å². The molecule has 0 heterocycles. The molecule has 0 aliphatic rings. The highest BCUT2D eigenvalue weighted by Crippen LogP contribution is 2.20. The second-order valence-electron chi connectivity index (χ2n) is 6.44. The van der Waals surface area contributed by atoms with Gasteiger partial charge in [0.25, 0.3) is 0 Å². The molecule has 0 aromatic rings. The molecular weight excluding hydrogens is 268 g/mol. The number of nitrogens with one attached hydrogen (secondary N) is 2. The summed E-state index contributed by atoms with van der Waals surface area (Å²) in [7, 11) is 0. The third-order valence-electron chi connectivity index (χ3n) is 3.72. The number of carbonyl (C=O) groups is 2. The predicted octanol–water partition coefficient (Wildman–Crippen LogP) is 3.25. The van der Waals surface area contributed by atoms with Crippen LogP contribution in [0.25, 0.3) is 0 Å². The van der Waals surface area contributed by atoms with E-state index in [2.05, 4.69) is 38.3 Å². The summed E-state index contributed by atoms with van der Waals surface area (Å²) in [6, 6.07) is -0.125. The lowest BCUT2D eigenvalue weighted by Gasteiger charge is -2.20. The molecule has 1 unspecified atom stereocenters. The van der Waals surface area contributed by atoms with E-state index in [1.807, 2.05) is 0 Å². The Morgan fingerprint density at radius 1 is 0.952 bits per heavy atom. The molecule has 5 heteroatoms. The topological polar surface area (TPSA) is 78.4 Å². The molecule has 0 radical (unpaired) electrons. The Morgan fingerprint density at radius 2 is 1.57 bits per heavy atom. The second-order valence-corrected chi connectivity index (χ2v) is 6.44. The summed E-state index contributed by atoms with van der Waals surface area (Å²) in [4.78, 5) is 22.2. The molecule has 0 saturated carbocycles. The highest BCUT2D eigenvalue weighted by molar-refractivity contribution is 5.73. The quantitative estimate of drug-likeness (QED) is 0.512. The van der Waals surface area contributed by atoms with Crippen LogP contribution in [0.5, 0.6) is 0 Å². The van der Waals surface area contributed by atoms with Crippen LogP contribution in [0.4, 0.5) is 4.79 Å². The Morgan fingerprint density at radius 3 is 2.10 bits per heavy atom. The van der Waals surface area contributed by atoms with Crippen molar-refractivity contribution < 1.29 is 14.7 Å². The molecule has 0 aromatic heterocycles. The van der Waals surface area contributed by atoms with Crippen LogP contribution in [0.15, 0.2) is 0 Å². The standard InChI is InChI=1S/C16H32N2O3/c1-12(2)6-5-10-17-16(21)18-11-9-14(13(3)4)7-8-15(19)20/h12-14H,5-11H2,1-4H3,(H,19,20)(H2,17,18,21). The zero-order chi connectivity index (χ0) is 16.3. The molecule has 0 rings (SSSR count). The number of carboxylic acid groups (broad SMARTS) is 1. The van der Waals surface area contributed by atoms with Gasteiger partial charge in [-0.15, -0.1) is 0 Å². The van der Waals surface area contributed by atoms with E-state index in [1.165, 1.54) is 0 Å². The zero-order valence-corrected chi connectivity index (χ0v) is 13.9. The van der Waals surface area contributed by atoms with Gasteiger partial charge >= 0.3 is 12.0 Å². The Balaban J connectivity index is 3.77. The minimum absolute atomic E-state index is 0.125. The molecule has 0 aliphatic heterocycles. The van der Waals surface area contributed by atoms with Gasteiger partial charge in [-0.05, 0) is 43.4 Å². The summed E-state index contributed by atoms with van der Waals surface area (Å²) >= 11 is 0. The van der Waals surface area contributed by atoms with E-state index in [-0.39, 0.29) is 12.5 Å². The van der Waals surface area contributed by atoms with Crippen molar-refractivity contribution in [1.82, 2.24) is 10.6 Å². The lowest BCUT2D eigenvalue weighted by molar-refractivity contribution is -0.137. The number of urea groups is 1. The molecule has 21 heavy (non-hydrogen) atoms. The molecule has 3 N–H and O–H groups in total. The van der Waals surface area contributed by atoms with Gasteiger partial charge in [-0.25, -0.2) is 4.79 Å². The fraction of sp³-hybridized carbons (Fsp3) is 0.875. The first-order chi connectivity index (χ1) is 9.82. The average molecular weight is 300 g/mol. The van der Waals surface area contributed by atoms with E-state index in [0.29, 0.717) is 37.3 Å². The summed E-state index contributed by atoms with van der Waals surface area (Å²) in [6.07, 6.45) is 3.81. The maximum absolute atomic E-state index is 11.6. The first-order valence-electron chi connectivity index (χ1n) is 8.06. The Hall–Kier alpha value is -1.26. The fourth-order valence-electron chi connectivity index (χ4n) is 2.27. The summed E-state index contributed by atoms with van der Waals surface area (Å²) in [6.45, 7) is 9.83. The number of aliphatic carboxylic acids is 1. The van der Waals surface area contributed by atoms with Gasteiger partial charge in [-0.2, -0.15) is 0 Å². The van der Waals surface area contributed by atoms with Crippen molar-refractivity contribution in [2.24, 2.45) is 17.8 Å². The van der Waals surface area contributed by atoms with Gasteiger partial charge in [0.05, 0.1) is 0 Å². The average Bonchev–Trinajstić information content (AvgIpc) is 2.37. The molecule has 0 saturated heterocycles. The molecule has 124 valence electrons. The monoisotopic (exact) mass is 300 g/mol. The van der Waals surface area contributed by atoms with Crippen molar-refractivity contribution in [3.8, 4) is 0 Å². The Bertz CT molecular complexity index is 304. The van der Waals surface area contributed by atoms with E-state index < -0.39 is 5.97 Å². The van der Waals surface area contributed by atoms with E-state index >= 15 is 0 Å². The summed E-state index contributed by atoms with van der Waals surface area (Å²) in [5.41, 5.74) is 0. The SMILES string of the molecule is CC(C)CCCNC(=O)NCCC(CCC(=O)O)C(C)C. The Kier molecular flexibility index (Phi) is 10.7. The second kappa shape index (κ2) is 11.4. The van der Waals surface area contributed by atoms with E-state index in [0.717, 1.165) is 19.3 Å². The third kappa shape index (κ3) is 12.2. The molecule has 0 bridgehead atoms. The van der Waals surface area contributed by atoms with Gasteiger partial charge in [-0.3, -0.25) is 4.79 Å². The van der Waals surface area contributed by atoms with Crippen LogP contribution < -0.4 is 10.6 Å². The predicted molar refractivity (Wildman–Crippen MR) is 85.3 cm³/mol. The van der Waals surface area contributed by atoms with Crippen molar-refractivity contribution in [1.29, 1.82) is 0 Å². The number of rotatable bonds is 11. The number of hydrogen-bond acceptors (Lipinski definition) is 2. The fourth-order valence-corrected chi connectivity index (χ4v) is 2.27. The maximum atomic E-state index is 11.6. The van der Waals surface area contributed by atoms with Crippen LogP contribution >= 0.6 is 0 Å². The van der Waals surface area contributed by atoms with E-state index in [1.54, 1.807) is 0 Å². The molecule has 0 aliphatic carbocycles. The van der Waals surface area contributed by atoms with Crippen LogP contribution in [-0.4, -0.2) is 30.2 Å². The van der Waals surface area contributed by atoms with Crippen molar-refractivity contribution >= 4 is 12.0 Å². The molecule has 0 fully saturated rings. The van der Waals surface area contributed by atoms with Gasteiger partial charge in [-0.1, -0.05) is 27.7 Å². The third-order valence-corrected chi connectivity index (χ3v) is 3.72. The number of carbonyl (C=O) groups excluding carboxylic acids is 1. The largest absolute Gasteiger partial charge is 0.481 e. The highest BCUT2D eigenvalue weighted by Gasteiger charge is 2.15. The van der Waals surface area contributed by atoms with Crippen LogP contribution in [-0.2, 0) is 4.79 Å². The van der Waals surface area contributed by atoms with Gasteiger partial charge < -0.3 is 15.7 Å². The summed E-state index contributed by atoms with van der Waals surface area (Å²) in [5, 5.41) is 14.4. The number of hydrogen-bond donors (Lipinski definition) is 3. The lowest BCUT2D eigenvalue weighted by Crippen LogP contribution is -2.37. The van der Waals surface area contributed by atoms with Crippen molar-refractivity contribution in [3.63, 3.8) is 0 Å². The van der Waals surface area contributed by atoms with Crippen LogP contribution in [0.2, 0.25) is 0 Å². The molecule has 0 spiro atoms. The number of amides is 2. The summed E-state index contributed by atoms with van der Waals surface area (Å²) in [5.74, 6) is 0.676. The Labute approximate surface area is 128 Å². The minimum Gasteiger partial charge on any atom is -0.481 e. The smallest absolute Gasteiger partial charge is 0.314 e. The van der Waals surface area contributed by atoms with Crippen molar-refractivity contribution in [2.75, 3.05) is 13.1 Å². The van der Waals surface area contributed by atoms with Gasteiger partial charge in [0.2, 0.25) is 0 Å². The van der Waals surface area contributed by atoms with Gasteiger partial charge in [0.1, 0.15) is 0 Å². The molecule has 2 amide bonds. The van der Waals surface area contributed by atoms with Crippen LogP contribution in [0, 0.1) is 17.8 Å². The first kappa shape index (κ1) is 19.7. The molecule has 1 atom stereocenters.